The van der Waals surface area contributed by atoms with Gasteiger partial charge in [0.15, 0.2) is 0 Å². The fraction of sp³-hybridized carbons (Fsp3) is 0.148. The molecule has 0 aliphatic rings. The van der Waals surface area contributed by atoms with Gasteiger partial charge in [-0.05, 0) is 53.8 Å². The van der Waals surface area contributed by atoms with Crippen LogP contribution in [-0.2, 0) is 13.0 Å². The highest BCUT2D eigenvalue weighted by Gasteiger charge is 2.16. The summed E-state index contributed by atoms with van der Waals surface area (Å²) in [4.78, 5) is 12.7. The third-order valence-electron chi connectivity index (χ3n) is 5.32. The highest BCUT2D eigenvalue weighted by molar-refractivity contribution is 5.88. The van der Waals surface area contributed by atoms with E-state index in [2.05, 4.69) is 6.58 Å². The Morgan fingerprint density at radius 3 is 2.40 bits per heavy atom. The summed E-state index contributed by atoms with van der Waals surface area (Å²) in [5.74, 6) is 0.730. The number of ether oxygens (including phenoxy) is 1. The molecule has 0 aliphatic carbocycles. The molecule has 3 heteroatoms. The first-order chi connectivity index (χ1) is 14.5. The van der Waals surface area contributed by atoms with Gasteiger partial charge in [0.1, 0.15) is 17.9 Å². The quantitative estimate of drug-likeness (QED) is 0.363. The molecule has 0 bridgehead atoms. The van der Waals surface area contributed by atoms with Crippen LogP contribution >= 0.6 is 0 Å². The van der Waals surface area contributed by atoms with E-state index in [1.807, 2.05) is 86.7 Å². The molecule has 1 aromatic heterocycles. The average molecular weight is 396 g/mol. The van der Waals surface area contributed by atoms with Gasteiger partial charge >= 0.3 is 5.63 Å². The van der Waals surface area contributed by atoms with Gasteiger partial charge in [0.2, 0.25) is 0 Å². The first kappa shape index (κ1) is 19.7. The SMILES string of the molecule is C=Cc1ccc(COc2cc(C)cc3oc(=O)c(Cc4ccccc4)c(C)c23)cc1. The van der Waals surface area contributed by atoms with Crippen molar-refractivity contribution in [2.75, 3.05) is 0 Å². The summed E-state index contributed by atoms with van der Waals surface area (Å²) < 4.78 is 11.9. The van der Waals surface area contributed by atoms with Crippen LogP contribution in [0.4, 0.5) is 0 Å². The van der Waals surface area contributed by atoms with Crippen molar-refractivity contribution >= 4 is 17.0 Å². The van der Waals surface area contributed by atoms with Crippen molar-refractivity contribution in [2.45, 2.75) is 26.9 Å². The van der Waals surface area contributed by atoms with Gasteiger partial charge < -0.3 is 9.15 Å². The lowest BCUT2D eigenvalue weighted by molar-refractivity contribution is 0.309. The van der Waals surface area contributed by atoms with Gasteiger partial charge in [0, 0.05) is 12.0 Å². The largest absolute Gasteiger partial charge is 0.488 e. The molecule has 0 atom stereocenters. The number of hydrogen-bond acceptors (Lipinski definition) is 3. The van der Waals surface area contributed by atoms with Crippen molar-refractivity contribution in [2.24, 2.45) is 0 Å². The molecule has 0 fully saturated rings. The normalized spacial score (nSPS) is 10.9. The van der Waals surface area contributed by atoms with Gasteiger partial charge in [0.05, 0.1) is 5.39 Å². The zero-order valence-electron chi connectivity index (χ0n) is 17.3. The molecule has 30 heavy (non-hydrogen) atoms. The van der Waals surface area contributed by atoms with E-state index in [1.54, 1.807) is 0 Å². The molecule has 0 saturated carbocycles. The lowest BCUT2D eigenvalue weighted by atomic mass is 9.98. The molecular weight excluding hydrogens is 372 g/mol. The predicted molar refractivity (Wildman–Crippen MR) is 122 cm³/mol. The molecule has 4 aromatic rings. The van der Waals surface area contributed by atoms with E-state index in [-0.39, 0.29) is 5.63 Å². The summed E-state index contributed by atoms with van der Waals surface area (Å²) in [5.41, 5.74) is 6.03. The molecule has 0 unspecified atom stereocenters. The zero-order chi connectivity index (χ0) is 21.1. The Hall–Kier alpha value is -3.59. The molecule has 4 rings (SSSR count). The second kappa shape index (κ2) is 8.42. The lowest BCUT2D eigenvalue weighted by Crippen LogP contribution is -2.11. The number of aryl methyl sites for hydroxylation is 2. The fourth-order valence-corrected chi connectivity index (χ4v) is 3.67. The third-order valence-corrected chi connectivity index (χ3v) is 5.32. The minimum Gasteiger partial charge on any atom is -0.488 e. The Morgan fingerprint density at radius 2 is 1.70 bits per heavy atom. The van der Waals surface area contributed by atoms with E-state index >= 15 is 0 Å². The summed E-state index contributed by atoms with van der Waals surface area (Å²) in [6.45, 7) is 8.16. The Balaban J connectivity index is 1.73. The van der Waals surface area contributed by atoms with Crippen LogP contribution in [-0.4, -0.2) is 0 Å². The summed E-state index contributed by atoms with van der Waals surface area (Å²) in [7, 11) is 0. The van der Waals surface area contributed by atoms with Crippen LogP contribution in [0.15, 0.2) is 82.5 Å². The van der Waals surface area contributed by atoms with Crippen molar-refractivity contribution in [3.63, 3.8) is 0 Å². The van der Waals surface area contributed by atoms with Gasteiger partial charge in [-0.2, -0.15) is 0 Å². The highest BCUT2D eigenvalue weighted by atomic mass is 16.5. The molecule has 3 nitrogen and oxygen atoms in total. The number of hydrogen-bond donors (Lipinski definition) is 0. The van der Waals surface area contributed by atoms with Crippen LogP contribution in [0.5, 0.6) is 5.75 Å². The number of rotatable bonds is 6. The molecule has 1 heterocycles. The highest BCUT2D eigenvalue weighted by Crippen LogP contribution is 2.32. The maximum absolute atomic E-state index is 12.7. The fourth-order valence-electron chi connectivity index (χ4n) is 3.67. The minimum absolute atomic E-state index is 0.291. The average Bonchev–Trinajstić information content (AvgIpc) is 2.75. The summed E-state index contributed by atoms with van der Waals surface area (Å²) >= 11 is 0. The van der Waals surface area contributed by atoms with E-state index in [4.69, 9.17) is 9.15 Å². The summed E-state index contributed by atoms with van der Waals surface area (Å²) in [6, 6.07) is 21.9. The molecule has 150 valence electrons. The third kappa shape index (κ3) is 4.06. The van der Waals surface area contributed by atoms with Gasteiger partial charge in [-0.3, -0.25) is 0 Å². The maximum atomic E-state index is 12.7. The van der Waals surface area contributed by atoms with E-state index in [0.29, 0.717) is 24.2 Å². The van der Waals surface area contributed by atoms with E-state index in [0.717, 1.165) is 39.0 Å². The molecule has 0 aliphatic heterocycles. The van der Waals surface area contributed by atoms with Crippen LogP contribution in [0.3, 0.4) is 0 Å². The molecule has 0 radical (unpaired) electrons. The molecule has 0 spiro atoms. The topological polar surface area (TPSA) is 39.4 Å². The zero-order valence-corrected chi connectivity index (χ0v) is 17.3. The smallest absolute Gasteiger partial charge is 0.340 e. The maximum Gasteiger partial charge on any atom is 0.340 e. The monoisotopic (exact) mass is 396 g/mol. The van der Waals surface area contributed by atoms with Crippen LogP contribution in [0.1, 0.15) is 33.4 Å². The Labute approximate surface area is 176 Å². The van der Waals surface area contributed by atoms with Crippen molar-refractivity contribution in [3.05, 3.63) is 117 Å². The Kier molecular flexibility index (Phi) is 5.53. The second-order valence-electron chi connectivity index (χ2n) is 7.53. The van der Waals surface area contributed by atoms with E-state index < -0.39 is 0 Å². The van der Waals surface area contributed by atoms with E-state index in [1.165, 1.54) is 0 Å². The van der Waals surface area contributed by atoms with Gasteiger partial charge in [-0.25, -0.2) is 4.79 Å². The number of fused-ring (bicyclic) bond motifs is 1. The minimum atomic E-state index is -0.291. The first-order valence-corrected chi connectivity index (χ1v) is 10.00. The standard InChI is InChI=1S/C27H24O3/c1-4-20-10-12-22(13-11-20)17-29-24-14-18(2)15-25-26(24)19(3)23(27(28)30-25)16-21-8-6-5-7-9-21/h4-15H,1,16-17H2,2-3H3. The predicted octanol–water partition coefficient (Wildman–Crippen LogP) is 6.22. The van der Waals surface area contributed by atoms with Crippen LogP contribution < -0.4 is 10.4 Å². The molecule has 3 aromatic carbocycles. The van der Waals surface area contributed by atoms with Crippen molar-refractivity contribution in [1.29, 1.82) is 0 Å². The van der Waals surface area contributed by atoms with Crippen LogP contribution in [0, 0.1) is 13.8 Å². The molecule has 0 saturated heterocycles. The molecular formula is C27H24O3. The van der Waals surface area contributed by atoms with Crippen molar-refractivity contribution in [3.8, 4) is 5.75 Å². The number of benzene rings is 3. The Bertz CT molecular complexity index is 1250. The summed E-state index contributed by atoms with van der Waals surface area (Å²) in [5, 5.41) is 0.855. The Morgan fingerprint density at radius 1 is 0.967 bits per heavy atom. The van der Waals surface area contributed by atoms with Gasteiger partial charge in [-0.15, -0.1) is 0 Å². The first-order valence-electron chi connectivity index (χ1n) is 10.00. The molecule has 0 amide bonds. The van der Waals surface area contributed by atoms with Crippen molar-refractivity contribution in [1.82, 2.24) is 0 Å². The van der Waals surface area contributed by atoms with Gasteiger partial charge in [0.25, 0.3) is 0 Å². The molecule has 0 N–H and O–H groups in total. The van der Waals surface area contributed by atoms with Gasteiger partial charge in [-0.1, -0.05) is 67.3 Å². The van der Waals surface area contributed by atoms with E-state index in [9.17, 15) is 4.79 Å². The summed E-state index contributed by atoms with van der Waals surface area (Å²) in [6.07, 6.45) is 2.35. The van der Waals surface area contributed by atoms with Crippen LogP contribution in [0.25, 0.3) is 17.0 Å². The van der Waals surface area contributed by atoms with Crippen LogP contribution in [0.2, 0.25) is 0 Å². The second-order valence-corrected chi connectivity index (χ2v) is 7.53. The lowest BCUT2D eigenvalue weighted by Gasteiger charge is -2.14. The van der Waals surface area contributed by atoms with Crippen molar-refractivity contribution < 1.29 is 9.15 Å².